The predicted octanol–water partition coefficient (Wildman–Crippen LogP) is 5.95. The molecule has 0 saturated carbocycles. The lowest BCUT2D eigenvalue weighted by molar-refractivity contribution is -0.132. The van der Waals surface area contributed by atoms with Crippen molar-refractivity contribution in [2.45, 2.75) is 26.3 Å². The Morgan fingerprint density at radius 3 is 2.39 bits per heavy atom. The van der Waals surface area contributed by atoms with E-state index in [-0.39, 0.29) is 11.3 Å². The van der Waals surface area contributed by atoms with Crippen molar-refractivity contribution in [1.29, 1.82) is 0 Å². The minimum Gasteiger partial charge on any atom is -0.507 e. The molecule has 168 valence electrons. The molecule has 1 aliphatic heterocycles. The molecular formula is C27H24BrNO4. The molecule has 1 fully saturated rings. The number of amides is 1. The van der Waals surface area contributed by atoms with E-state index in [0.717, 1.165) is 22.0 Å². The van der Waals surface area contributed by atoms with Crippen LogP contribution < -0.4 is 9.64 Å². The standard InChI is InChI=1S/C27H24BrNO4/c1-4-17-9-12-19(13-10-17)29-24(20-7-5-6-8-22(20)33-3)23(26(31)27(29)32)25(30)18-11-14-21(28)16(2)15-18/h5-15,24,30H,4H2,1-3H3/b25-23+. The second-order valence-corrected chi connectivity index (χ2v) is 8.75. The third-order valence-electron chi connectivity index (χ3n) is 5.93. The maximum absolute atomic E-state index is 13.3. The molecule has 1 amide bonds. The number of nitrogens with zero attached hydrogens (tertiary/aromatic N) is 1. The molecule has 0 bridgehead atoms. The Balaban J connectivity index is 1.97. The van der Waals surface area contributed by atoms with Crippen molar-refractivity contribution in [1.82, 2.24) is 0 Å². The number of aryl methyl sites for hydroxylation is 2. The SMILES string of the molecule is CCc1ccc(N2C(=O)C(=O)/C(=C(/O)c3ccc(Br)c(C)c3)C2c2ccccc2OC)cc1. The number of benzene rings is 3. The summed E-state index contributed by atoms with van der Waals surface area (Å²) in [5.41, 5.74) is 3.72. The third-order valence-corrected chi connectivity index (χ3v) is 6.82. The Morgan fingerprint density at radius 1 is 1.06 bits per heavy atom. The van der Waals surface area contributed by atoms with E-state index in [0.29, 0.717) is 22.6 Å². The Bertz CT molecular complexity index is 1260. The maximum Gasteiger partial charge on any atom is 0.300 e. The number of aliphatic hydroxyl groups is 1. The number of methoxy groups -OCH3 is 1. The summed E-state index contributed by atoms with van der Waals surface area (Å²) in [5.74, 6) is -1.11. The molecule has 1 aliphatic rings. The highest BCUT2D eigenvalue weighted by Gasteiger charge is 2.47. The molecule has 33 heavy (non-hydrogen) atoms. The first-order chi connectivity index (χ1) is 15.9. The van der Waals surface area contributed by atoms with Gasteiger partial charge in [0.25, 0.3) is 11.7 Å². The van der Waals surface area contributed by atoms with E-state index in [4.69, 9.17) is 4.74 Å². The molecule has 4 rings (SSSR count). The van der Waals surface area contributed by atoms with Gasteiger partial charge in [-0.3, -0.25) is 14.5 Å². The molecule has 1 atom stereocenters. The number of halogens is 1. The van der Waals surface area contributed by atoms with Gasteiger partial charge in [0.05, 0.1) is 18.7 Å². The molecule has 0 spiro atoms. The quantitative estimate of drug-likeness (QED) is 0.264. The summed E-state index contributed by atoms with van der Waals surface area (Å²) < 4.78 is 6.44. The molecule has 1 heterocycles. The van der Waals surface area contributed by atoms with Crippen LogP contribution in [0.4, 0.5) is 5.69 Å². The Hall–Kier alpha value is -3.38. The lowest BCUT2D eigenvalue weighted by Gasteiger charge is -2.26. The number of carbonyl (C=O) groups excluding carboxylic acids is 2. The van der Waals surface area contributed by atoms with Gasteiger partial charge in [0.15, 0.2) is 0 Å². The lowest BCUT2D eigenvalue weighted by Crippen LogP contribution is -2.29. The van der Waals surface area contributed by atoms with Crippen molar-refractivity contribution in [2.24, 2.45) is 0 Å². The predicted molar refractivity (Wildman–Crippen MR) is 132 cm³/mol. The number of ketones is 1. The zero-order valence-corrected chi connectivity index (χ0v) is 20.2. The van der Waals surface area contributed by atoms with Crippen LogP contribution in [0.15, 0.2) is 76.8 Å². The molecule has 6 heteroatoms. The number of anilines is 1. The number of hydrogen-bond donors (Lipinski definition) is 1. The van der Waals surface area contributed by atoms with E-state index in [1.165, 1.54) is 4.90 Å². The van der Waals surface area contributed by atoms with Crippen LogP contribution in [-0.4, -0.2) is 23.9 Å². The van der Waals surface area contributed by atoms with Crippen molar-refractivity contribution < 1.29 is 19.4 Å². The zero-order chi connectivity index (χ0) is 23.7. The first-order valence-electron chi connectivity index (χ1n) is 10.7. The summed E-state index contributed by atoms with van der Waals surface area (Å²) in [4.78, 5) is 28.0. The number of hydrogen-bond acceptors (Lipinski definition) is 4. The molecule has 5 nitrogen and oxygen atoms in total. The Morgan fingerprint density at radius 2 is 1.76 bits per heavy atom. The van der Waals surface area contributed by atoms with Gasteiger partial charge in [0.2, 0.25) is 0 Å². The van der Waals surface area contributed by atoms with Gasteiger partial charge in [-0.25, -0.2) is 0 Å². The van der Waals surface area contributed by atoms with Gasteiger partial charge in [-0.1, -0.05) is 59.3 Å². The fourth-order valence-electron chi connectivity index (χ4n) is 4.13. The Labute approximate surface area is 201 Å². The largest absolute Gasteiger partial charge is 0.507 e. The minimum absolute atomic E-state index is 0.0331. The highest BCUT2D eigenvalue weighted by atomic mass is 79.9. The van der Waals surface area contributed by atoms with Crippen LogP contribution in [0.5, 0.6) is 5.75 Å². The highest BCUT2D eigenvalue weighted by Crippen LogP contribution is 2.45. The second-order valence-electron chi connectivity index (χ2n) is 7.90. The van der Waals surface area contributed by atoms with Crippen LogP contribution in [0.1, 0.15) is 35.2 Å². The van der Waals surface area contributed by atoms with E-state index in [2.05, 4.69) is 22.9 Å². The van der Waals surface area contributed by atoms with Crippen molar-refractivity contribution >= 4 is 39.1 Å². The van der Waals surface area contributed by atoms with Gasteiger partial charge in [0.1, 0.15) is 11.5 Å². The maximum atomic E-state index is 13.3. The number of carbonyl (C=O) groups is 2. The van der Waals surface area contributed by atoms with Crippen LogP contribution in [0.2, 0.25) is 0 Å². The number of aliphatic hydroxyl groups excluding tert-OH is 1. The first kappa shape index (κ1) is 22.8. The number of Topliss-reactive ketones (excluding diaryl/α,β-unsaturated/α-hetero) is 1. The monoisotopic (exact) mass is 505 g/mol. The first-order valence-corrected chi connectivity index (χ1v) is 11.5. The molecule has 1 N–H and O–H groups in total. The van der Waals surface area contributed by atoms with Crippen molar-refractivity contribution in [2.75, 3.05) is 12.0 Å². The summed E-state index contributed by atoms with van der Waals surface area (Å²) in [7, 11) is 1.54. The average molecular weight is 506 g/mol. The molecular weight excluding hydrogens is 482 g/mol. The van der Waals surface area contributed by atoms with Crippen LogP contribution in [0, 0.1) is 6.92 Å². The van der Waals surface area contributed by atoms with Gasteiger partial charge in [-0.05, 0) is 54.8 Å². The van der Waals surface area contributed by atoms with Crippen LogP contribution in [0.3, 0.4) is 0 Å². The van der Waals surface area contributed by atoms with Crippen LogP contribution in [0.25, 0.3) is 5.76 Å². The molecule has 0 aliphatic carbocycles. The summed E-state index contributed by atoms with van der Waals surface area (Å²) >= 11 is 3.46. The molecule has 0 aromatic heterocycles. The van der Waals surface area contributed by atoms with Crippen molar-refractivity contribution in [3.05, 3.63) is 99.0 Å². The number of para-hydroxylation sites is 1. The van der Waals surface area contributed by atoms with E-state index < -0.39 is 17.7 Å². The lowest BCUT2D eigenvalue weighted by atomic mass is 9.94. The number of rotatable bonds is 5. The molecule has 3 aromatic rings. The fraction of sp³-hybridized carbons (Fsp3) is 0.185. The van der Waals surface area contributed by atoms with Gasteiger partial charge in [-0.15, -0.1) is 0 Å². The highest BCUT2D eigenvalue weighted by molar-refractivity contribution is 9.10. The van der Waals surface area contributed by atoms with Crippen LogP contribution >= 0.6 is 15.9 Å². The average Bonchev–Trinajstić information content (AvgIpc) is 3.10. The van der Waals surface area contributed by atoms with Crippen LogP contribution in [-0.2, 0) is 16.0 Å². The van der Waals surface area contributed by atoms with E-state index in [9.17, 15) is 14.7 Å². The van der Waals surface area contributed by atoms with Gasteiger partial charge >= 0.3 is 0 Å². The van der Waals surface area contributed by atoms with Crippen molar-refractivity contribution in [3.63, 3.8) is 0 Å². The van der Waals surface area contributed by atoms with E-state index in [1.54, 1.807) is 25.3 Å². The topological polar surface area (TPSA) is 66.8 Å². The molecule has 3 aromatic carbocycles. The zero-order valence-electron chi connectivity index (χ0n) is 18.6. The van der Waals surface area contributed by atoms with Gasteiger partial charge in [-0.2, -0.15) is 0 Å². The Kier molecular flexibility index (Phi) is 6.38. The van der Waals surface area contributed by atoms with E-state index >= 15 is 0 Å². The molecule has 1 unspecified atom stereocenters. The molecule has 1 saturated heterocycles. The summed E-state index contributed by atoms with van der Waals surface area (Å²) in [5, 5.41) is 11.3. The van der Waals surface area contributed by atoms with Gasteiger partial charge in [0, 0.05) is 21.3 Å². The van der Waals surface area contributed by atoms with Crippen molar-refractivity contribution in [3.8, 4) is 5.75 Å². The smallest absolute Gasteiger partial charge is 0.300 e. The number of ether oxygens (including phenoxy) is 1. The summed E-state index contributed by atoms with van der Waals surface area (Å²) in [6.07, 6.45) is 0.859. The normalized spacial score (nSPS) is 17.5. The summed E-state index contributed by atoms with van der Waals surface area (Å²) in [6, 6.07) is 19.2. The third kappa shape index (κ3) is 4.07. The fourth-order valence-corrected chi connectivity index (χ4v) is 4.37. The second kappa shape index (κ2) is 9.24. The molecule has 0 radical (unpaired) electrons. The summed E-state index contributed by atoms with van der Waals surface area (Å²) in [6.45, 7) is 3.95. The van der Waals surface area contributed by atoms with E-state index in [1.807, 2.05) is 55.5 Å². The minimum atomic E-state index is -0.836. The van der Waals surface area contributed by atoms with Gasteiger partial charge < -0.3 is 9.84 Å².